The summed E-state index contributed by atoms with van der Waals surface area (Å²) in [5.74, 6) is 0.0479. The van der Waals surface area contributed by atoms with E-state index in [1.807, 2.05) is 32.0 Å². The molecule has 39 heavy (non-hydrogen) atoms. The van der Waals surface area contributed by atoms with E-state index in [4.69, 9.17) is 9.47 Å². The minimum atomic E-state index is -0.735. The van der Waals surface area contributed by atoms with Crippen molar-refractivity contribution >= 4 is 39.8 Å². The highest BCUT2D eigenvalue weighted by molar-refractivity contribution is 7.17. The van der Waals surface area contributed by atoms with Gasteiger partial charge in [0.25, 0.3) is 11.8 Å². The van der Waals surface area contributed by atoms with E-state index in [-0.39, 0.29) is 18.4 Å². The summed E-state index contributed by atoms with van der Waals surface area (Å²) in [5.41, 5.74) is 4.79. The third-order valence-electron chi connectivity index (χ3n) is 7.01. The van der Waals surface area contributed by atoms with Gasteiger partial charge in [-0.15, -0.1) is 11.3 Å². The zero-order chi connectivity index (χ0) is 28.1. The van der Waals surface area contributed by atoms with Crippen LogP contribution in [0.2, 0.25) is 0 Å². The van der Waals surface area contributed by atoms with Gasteiger partial charge in [0.15, 0.2) is 6.10 Å². The maximum Gasteiger partial charge on any atom is 0.341 e. The topological polar surface area (TPSA) is 93.7 Å². The molecule has 0 radical (unpaired) electrons. The van der Waals surface area contributed by atoms with Crippen molar-refractivity contribution in [3.05, 3.63) is 75.2 Å². The van der Waals surface area contributed by atoms with Gasteiger partial charge in [0.05, 0.1) is 12.2 Å². The first-order valence-electron chi connectivity index (χ1n) is 13.5. The molecule has 1 aromatic heterocycles. The summed E-state index contributed by atoms with van der Waals surface area (Å²) >= 11 is 1.46. The van der Waals surface area contributed by atoms with Gasteiger partial charge in [-0.2, -0.15) is 0 Å². The third-order valence-corrected chi connectivity index (χ3v) is 8.17. The lowest BCUT2D eigenvalue weighted by molar-refractivity contribution is -0.122. The van der Waals surface area contributed by atoms with E-state index >= 15 is 0 Å². The van der Waals surface area contributed by atoms with Crippen LogP contribution in [0.25, 0.3) is 0 Å². The van der Waals surface area contributed by atoms with Crippen LogP contribution in [-0.2, 0) is 28.8 Å². The summed E-state index contributed by atoms with van der Waals surface area (Å²) in [6, 6.07) is 12.6. The molecule has 7 nitrogen and oxygen atoms in total. The molecule has 0 spiro atoms. The summed E-state index contributed by atoms with van der Waals surface area (Å²) in [7, 11) is 0. The average Bonchev–Trinajstić information content (AvgIpc) is 3.26. The van der Waals surface area contributed by atoms with Gasteiger partial charge in [-0.05, 0) is 93.3 Å². The van der Waals surface area contributed by atoms with Crippen LogP contribution in [0.5, 0.6) is 5.75 Å². The van der Waals surface area contributed by atoms with E-state index in [1.54, 1.807) is 38.1 Å². The van der Waals surface area contributed by atoms with Crippen molar-refractivity contribution in [1.82, 2.24) is 0 Å². The Morgan fingerprint density at radius 3 is 2.51 bits per heavy atom. The third kappa shape index (κ3) is 6.50. The smallest absolute Gasteiger partial charge is 0.341 e. The standard InChI is InChI=1S/C31H36N2O5S/c1-6-21-10-8-9-19(4)27(21)32-28(34)20(5)38-23-14-12-22(13-15-23)29(35)33-30-26(31(36)37-7-2)24-16-11-18(3)17-25(24)39-30/h8-10,12-15,18,20H,6-7,11,16-17H2,1-5H3,(H,32,34)(H,33,35)/t18-,20+/m1/s1. The number of hydrogen-bond acceptors (Lipinski definition) is 6. The minimum absolute atomic E-state index is 0.247. The second-order valence-corrected chi connectivity index (χ2v) is 11.1. The largest absolute Gasteiger partial charge is 0.481 e. The normalized spacial score (nSPS) is 15.2. The molecule has 0 bridgehead atoms. The predicted molar refractivity (Wildman–Crippen MR) is 155 cm³/mol. The Morgan fingerprint density at radius 2 is 1.82 bits per heavy atom. The molecule has 2 N–H and O–H groups in total. The number of hydrogen-bond donors (Lipinski definition) is 2. The highest BCUT2D eigenvalue weighted by Gasteiger charge is 2.29. The van der Waals surface area contributed by atoms with Crippen LogP contribution >= 0.6 is 11.3 Å². The highest BCUT2D eigenvalue weighted by Crippen LogP contribution is 2.40. The fourth-order valence-corrected chi connectivity index (χ4v) is 6.20. The first-order valence-corrected chi connectivity index (χ1v) is 14.3. The molecule has 0 saturated heterocycles. The number of rotatable bonds is 9. The number of amides is 2. The molecule has 0 fully saturated rings. The molecule has 4 rings (SSSR count). The van der Waals surface area contributed by atoms with Crippen LogP contribution in [0, 0.1) is 12.8 Å². The summed E-state index contributed by atoms with van der Waals surface area (Å²) in [6.07, 6.45) is 2.78. The lowest BCUT2D eigenvalue weighted by atomic mass is 9.88. The number of carbonyl (C=O) groups is 3. The molecule has 2 aromatic carbocycles. The molecule has 206 valence electrons. The molecule has 1 heterocycles. The fourth-order valence-electron chi connectivity index (χ4n) is 4.80. The number of benzene rings is 2. The number of ether oxygens (including phenoxy) is 2. The van der Waals surface area contributed by atoms with E-state index in [2.05, 4.69) is 17.6 Å². The summed E-state index contributed by atoms with van der Waals surface area (Å²) in [4.78, 5) is 39.8. The molecule has 0 aliphatic heterocycles. The Balaban J connectivity index is 1.43. The average molecular weight is 549 g/mol. The Morgan fingerprint density at radius 1 is 1.08 bits per heavy atom. The molecular formula is C31H36N2O5S. The van der Waals surface area contributed by atoms with Crippen LogP contribution in [0.3, 0.4) is 0 Å². The number of nitrogens with one attached hydrogen (secondary N) is 2. The van der Waals surface area contributed by atoms with Gasteiger partial charge in [0.2, 0.25) is 0 Å². The van der Waals surface area contributed by atoms with Gasteiger partial charge < -0.3 is 20.1 Å². The van der Waals surface area contributed by atoms with E-state index < -0.39 is 12.1 Å². The van der Waals surface area contributed by atoms with Crippen LogP contribution < -0.4 is 15.4 Å². The van der Waals surface area contributed by atoms with Gasteiger partial charge in [-0.25, -0.2) is 4.79 Å². The number of carbonyl (C=O) groups excluding carboxylic acids is 3. The summed E-state index contributed by atoms with van der Waals surface area (Å²) in [5, 5.41) is 6.46. The molecule has 1 aliphatic rings. The van der Waals surface area contributed by atoms with Crippen molar-refractivity contribution < 1.29 is 23.9 Å². The molecule has 3 aromatic rings. The molecule has 2 amide bonds. The number of thiophene rings is 1. The number of aryl methyl sites for hydroxylation is 2. The lowest BCUT2D eigenvalue weighted by Crippen LogP contribution is -2.30. The van der Waals surface area contributed by atoms with Crippen LogP contribution in [-0.4, -0.2) is 30.5 Å². The second-order valence-electron chi connectivity index (χ2n) is 9.97. The molecule has 0 saturated carbocycles. The molecule has 0 unspecified atom stereocenters. The zero-order valence-electron chi connectivity index (χ0n) is 23.2. The van der Waals surface area contributed by atoms with E-state index in [9.17, 15) is 14.4 Å². The first-order chi connectivity index (χ1) is 18.7. The number of fused-ring (bicyclic) bond motifs is 1. The second kappa shape index (κ2) is 12.5. The molecule has 8 heteroatoms. The molecule has 2 atom stereocenters. The number of esters is 1. The van der Waals surface area contributed by atoms with Crippen molar-refractivity contribution in [2.24, 2.45) is 5.92 Å². The van der Waals surface area contributed by atoms with Crippen molar-refractivity contribution in [3.8, 4) is 5.75 Å². The van der Waals surface area contributed by atoms with Gasteiger partial charge >= 0.3 is 5.97 Å². The Kier molecular flexibility index (Phi) is 9.07. The Hall–Kier alpha value is -3.65. The fraction of sp³-hybridized carbons (Fsp3) is 0.387. The SMILES string of the molecule is CCOC(=O)c1c(NC(=O)c2ccc(O[C@@H](C)C(=O)Nc3c(C)cccc3CC)cc2)sc2c1CC[C@@H](C)C2. The number of para-hydroxylation sites is 1. The van der Waals surface area contributed by atoms with Crippen molar-refractivity contribution in [2.75, 3.05) is 17.2 Å². The Bertz CT molecular complexity index is 1360. The molecular weight excluding hydrogens is 512 g/mol. The maximum absolute atomic E-state index is 13.1. The van der Waals surface area contributed by atoms with Crippen LogP contribution in [0.4, 0.5) is 10.7 Å². The summed E-state index contributed by atoms with van der Waals surface area (Å²) < 4.78 is 11.2. The van der Waals surface area contributed by atoms with E-state index in [1.165, 1.54) is 11.3 Å². The van der Waals surface area contributed by atoms with Crippen LogP contribution in [0.1, 0.15) is 76.4 Å². The van der Waals surface area contributed by atoms with Gasteiger partial charge in [0.1, 0.15) is 10.8 Å². The van der Waals surface area contributed by atoms with Crippen molar-refractivity contribution in [1.29, 1.82) is 0 Å². The van der Waals surface area contributed by atoms with Crippen molar-refractivity contribution in [3.63, 3.8) is 0 Å². The molecule has 1 aliphatic carbocycles. The van der Waals surface area contributed by atoms with E-state index in [0.717, 1.165) is 52.9 Å². The van der Waals surface area contributed by atoms with Crippen LogP contribution in [0.15, 0.2) is 42.5 Å². The Labute approximate surface area is 233 Å². The van der Waals surface area contributed by atoms with Gasteiger partial charge in [0, 0.05) is 16.1 Å². The maximum atomic E-state index is 13.1. The van der Waals surface area contributed by atoms with E-state index in [0.29, 0.717) is 27.8 Å². The first kappa shape index (κ1) is 28.4. The number of anilines is 2. The quantitative estimate of drug-likeness (QED) is 0.295. The lowest BCUT2D eigenvalue weighted by Gasteiger charge is -2.18. The van der Waals surface area contributed by atoms with Gasteiger partial charge in [-0.3, -0.25) is 9.59 Å². The highest BCUT2D eigenvalue weighted by atomic mass is 32.1. The zero-order valence-corrected chi connectivity index (χ0v) is 24.0. The monoisotopic (exact) mass is 548 g/mol. The van der Waals surface area contributed by atoms with Gasteiger partial charge in [-0.1, -0.05) is 32.0 Å². The predicted octanol–water partition coefficient (Wildman–Crippen LogP) is 6.58. The van der Waals surface area contributed by atoms with Crippen molar-refractivity contribution in [2.45, 2.75) is 66.4 Å². The minimum Gasteiger partial charge on any atom is -0.481 e. The summed E-state index contributed by atoms with van der Waals surface area (Å²) in [6.45, 7) is 9.95.